The summed E-state index contributed by atoms with van der Waals surface area (Å²) in [5.41, 5.74) is 1.14. The molecule has 196 valence electrons. The van der Waals surface area contributed by atoms with Crippen molar-refractivity contribution in [3.63, 3.8) is 0 Å². The Hall–Kier alpha value is -3.88. The highest BCUT2D eigenvalue weighted by Gasteiger charge is 2.30. The number of halogens is 3. The van der Waals surface area contributed by atoms with E-state index in [0.717, 1.165) is 61.5 Å². The largest absolute Gasteiger partial charge is 0.492 e. The van der Waals surface area contributed by atoms with Gasteiger partial charge in [0.15, 0.2) is 0 Å². The zero-order chi connectivity index (χ0) is 26.5. The van der Waals surface area contributed by atoms with Crippen LogP contribution in [0.2, 0.25) is 0 Å². The van der Waals surface area contributed by atoms with E-state index in [1.54, 1.807) is 36.4 Å². The minimum absolute atomic E-state index is 0.342. The molecule has 1 aliphatic rings. The molecule has 4 aromatic carbocycles. The smallest absolute Gasteiger partial charge is 0.416 e. The molecule has 0 bridgehead atoms. The normalized spacial score (nSPS) is 14.4. The lowest BCUT2D eigenvalue weighted by Crippen LogP contribution is -2.38. The monoisotopic (exact) mass is 520 g/mol. The van der Waals surface area contributed by atoms with Gasteiger partial charge in [0.25, 0.3) is 5.91 Å². The molecule has 38 heavy (non-hydrogen) atoms. The van der Waals surface area contributed by atoms with E-state index in [-0.39, 0.29) is 5.91 Å². The Morgan fingerprint density at radius 2 is 1.58 bits per heavy atom. The molecule has 0 aromatic heterocycles. The van der Waals surface area contributed by atoms with E-state index in [1.807, 2.05) is 30.3 Å². The summed E-state index contributed by atoms with van der Waals surface area (Å²) in [5.74, 6) is 0.378. The highest BCUT2D eigenvalue weighted by Crippen LogP contribution is 2.34. The van der Waals surface area contributed by atoms with Gasteiger partial charge >= 0.3 is 6.18 Å². The predicted octanol–water partition coefficient (Wildman–Crippen LogP) is 6.49. The summed E-state index contributed by atoms with van der Waals surface area (Å²) in [6, 6.07) is 23.0. The third-order valence-electron chi connectivity index (χ3n) is 6.55. The van der Waals surface area contributed by atoms with Crippen molar-refractivity contribution < 1.29 is 27.4 Å². The number of hydrogen-bond acceptors (Lipinski definition) is 4. The predicted molar refractivity (Wildman–Crippen MR) is 142 cm³/mol. The Balaban J connectivity index is 1.33. The van der Waals surface area contributed by atoms with Crippen LogP contribution in [-0.2, 0) is 10.9 Å². The van der Waals surface area contributed by atoms with Gasteiger partial charge in [0, 0.05) is 41.7 Å². The highest BCUT2D eigenvalue weighted by molar-refractivity contribution is 6.10. The first-order chi connectivity index (χ1) is 18.4. The van der Waals surface area contributed by atoms with Gasteiger partial charge in [0.1, 0.15) is 12.4 Å². The summed E-state index contributed by atoms with van der Waals surface area (Å²) < 4.78 is 51.0. The van der Waals surface area contributed by atoms with Crippen LogP contribution in [-0.4, -0.2) is 50.3 Å². The summed E-state index contributed by atoms with van der Waals surface area (Å²) in [4.78, 5) is 15.5. The van der Waals surface area contributed by atoms with Crippen molar-refractivity contribution >= 4 is 22.4 Å². The number of nitrogens with one attached hydrogen (secondary N) is 1. The average molecular weight is 521 g/mol. The second-order valence-electron chi connectivity index (χ2n) is 9.07. The summed E-state index contributed by atoms with van der Waals surface area (Å²) in [7, 11) is 0. The van der Waals surface area contributed by atoms with Gasteiger partial charge in [0.05, 0.1) is 18.8 Å². The zero-order valence-corrected chi connectivity index (χ0v) is 20.6. The third-order valence-corrected chi connectivity index (χ3v) is 6.55. The fraction of sp³-hybridized carbons (Fsp3) is 0.233. The number of anilines is 1. The average Bonchev–Trinajstić information content (AvgIpc) is 2.94. The molecule has 1 heterocycles. The van der Waals surface area contributed by atoms with Crippen molar-refractivity contribution in [3.05, 3.63) is 96.1 Å². The molecule has 1 fully saturated rings. The summed E-state index contributed by atoms with van der Waals surface area (Å²) in [5, 5.41) is 4.67. The molecule has 8 heteroatoms. The molecular weight excluding hydrogens is 493 g/mol. The Morgan fingerprint density at radius 3 is 2.34 bits per heavy atom. The van der Waals surface area contributed by atoms with Crippen LogP contribution < -0.4 is 10.1 Å². The molecule has 1 saturated heterocycles. The lowest BCUT2D eigenvalue weighted by atomic mass is 10.0. The third kappa shape index (κ3) is 5.98. The Morgan fingerprint density at radius 1 is 0.868 bits per heavy atom. The number of rotatable bonds is 7. The number of benzene rings is 4. The first kappa shape index (κ1) is 25.8. The Kier molecular flexibility index (Phi) is 7.62. The summed E-state index contributed by atoms with van der Waals surface area (Å²) >= 11 is 0. The van der Waals surface area contributed by atoms with E-state index in [1.165, 1.54) is 6.07 Å². The topological polar surface area (TPSA) is 50.8 Å². The van der Waals surface area contributed by atoms with Crippen LogP contribution in [0.3, 0.4) is 0 Å². The molecule has 0 unspecified atom stereocenters. The number of hydrogen-bond donors (Lipinski definition) is 1. The van der Waals surface area contributed by atoms with Gasteiger partial charge in [-0.05, 0) is 47.5 Å². The van der Waals surface area contributed by atoms with Crippen LogP contribution in [0.1, 0.15) is 15.9 Å². The van der Waals surface area contributed by atoms with Crippen LogP contribution in [0.5, 0.6) is 5.75 Å². The standard InChI is InChI=1S/C30H27F3N2O3/c31-30(32,33)24-8-4-6-22(20-24)21-5-3-7-23(19-21)29(36)34-27-11-12-28(26-10-2-1-9-25(26)27)38-18-15-35-13-16-37-17-14-35/h1-12,19-20H,13-18H2,(H,34,36). The van der Waals surface area contributed by atoms with Gasteiger partial charge in [0.2, 0.25) is 0 Å². The Bertz CT molecular complexity index is 1430. The maximum atomic E-state index is 13.2. The van der Waals surface area contributed by atoms with Crippen molar-refractivity contribution in [2.45, 2.75) is 6.18 Å². The number of amides is 1. The van der Waals surface area contributed by atoms with Gasteiger partial charge in [-0.3, -0.25) is 9.69 Å². The van der Waals surface area contributed by atoms with Gasteiger partial charge < -0.3 is 14.8 Å². The molecule has 4 aromatic rings. The van der Waals surface area contributed by atoms with Crippen LogP contribution >= 0.6 is 0 Å². The second kappa shape index (κ2) is 11.2. The molecule has 1 aliphatic heterocycles. The van der Waals surface area contributed by atoms with Crippen LogP contribution in [0.4, 0.5) is 18.9 Å². The van der Waals surface area contributed by atoms with Crippen molar-refractivity contribution in [2.24, 2.45) is 0 Å². The molecule has 0 atom stereocenters. The molecule has 0 saturated carbocycles. The maximum absolute atomic E-state index is 13.2. The molecule has 0 spiro atoms. The SMILES string of the molecule is O=C(Nc1ccc(OCCN2CCOCC2)c2ccccc12)c1cccc(-c2cccc(C(F)(F)F)c2)c1. The number of carbonyl (C=O) groups excluding carboxylic acids is 1. The number of alkyl halides is 3. The number of fused-ring (bicyclic) bond motifs is 1. The van der Waals surface area contributed by atoms with Gasteiger partial charge in [-0.2, -0.15) is 13.2 Å². The zero-order valence-electron chi connectivity index (χ0n) is 20.6. The van der Waals surface area contributed by atoms with E-state index in [9.17, 15) is 18.0 Å². The molecule has 5 rings (SSSR count). The number of ether oxygens (including phenoxy) is 2. The maximum Gasteiger partial charge on any atom is 0.416 e. The molecule has 0 radical (unpaired) electrons. The molecule has 1 amide bonds. The number of nitrogens with zero attached hydrogens (tertiary/aromatic N) is 1. The van der Waals surface area contributed by atoms with Crippen molar-refractivity contribution in [1.82, 2.24) is 4.90 Å². The van der Waals surface area contributed by atoms with Crippen LogP contribution in [0.25, 0.3) is 21.9 Å². The fourth-order valence-electron chi connectivity index (χ4n) is 4.53. The fourth-order valence-corrected chi connectivity index (χ4v) is 4.53. The van der Waals surface area contributed by atoms with Crippen molar-refractivity contribution in [3.8, 4) is 16.9 Å². The van der Waals surface area contributed by atoms with E-state index >= 15 is 0 Å². The number of carbonyl (C=O) groups is 1. The molecule has 0 aliphatic carbocycles. The van der Waals surface area contributed by atoms with E-state index in [2.05, 4.69) is 10.2 Å². The number of morpholine rings is 1. The van der Waals surface area contributed by atoms with E-state index < -0.39 is 11.7 Å². The van der Waals surface area contributed by atoms with Gasteiger partial charge in [-0.15, -0.1) is 0 Å². The van der Waals surface area contributed by atoms with Gasteiger partial charge in [-0.25, -0.2) is 0 Å². The molecular formula is C30H27F3N2O3. The summed E-state index contributed by atoms with van der Waals surface area (Å²) in [6.45, 7) is 4.60. The minimum atomic E-state index is -4.44. The minimum Gasteiger partial charge on any atom is -0.492 e. The lowest BCUT2D eigenvalue weighted by Gasteiger charge is -2.26. The van der Waals surface area contributed by atoms with Crippen molar-refractivity contribution in [1.29, 1.82) is 0 Å². The highest BCUT2D eigenvalue weighted by atomic mass is 19.4. The van der Waals surface area contributed by atoms with E-state index in [4.69, 9.17) is 9.47 Å². The van der Waals surface area contributed by atoms with Crippen molar-refractivity contribution in [2.75, 3.05) is 44.8 Å². The quantitative estimate of drug-likeness (QED) is 0.303. The second-order valence-corrected chi connectivity index (χ2v) is 9.07. The molecule has 1 N–H and O–H groups in total. The Labute approximate surface area is 218 Å². The first-order valence-corrected chi connectivity index (χ1v) is 12.4. The van der Waals surface area contributed by atoms with Gasteiger partial charge in [-0.1, -0.05) is 48.5 Å². The lowest BCUT2D eigenvalue weighted by molar-refractivity contribution is -0.137. The van der Waals surface area contributed by atoms with Crippen LogP contribution in [0, 0.1) is 0 Å². The summed E-state index contributed by atoms with van der Waals surface area (Å²) in [6.07, 6.45) is -4.44. The first-order valence-electron chi connectivity index (χ1n) is 12.4. The van der Waals surface area contributed by atoms with E-state index in [0.29, 0.717) is 29.0 Å². The molecule has 5 nitrogen and oxygen atoms in total. The van der Waals surface area contributed by atoms with Crippen LogP contribution in [0.15, 0.2) is 84.9 Å².